The van der Waals surface area contributed by atoms with E-state index in [0.29, 0.717) is 0 Å². The summed E-state index contributed by atoms with van der Waals surface area (Å²) in [5.41, 5.74) is 10.5. The van der Waals surface area contributed by atoms with Crippen LogP contribution in [0.4, 0.5) is 0 Å². The lowest BCUT2D eigenvalue weighted by atomic mass is 9.85. The largest absolute Gasteiger partial charge is 0.324 e. The van der Waals surface area contributed by atoms with E-state index in [-0.39, 0.29) is 6.04 Å². The standard InChI is InChI=1S/C12H17N/c1-2-9-5-3-7-11-10(9)6-4-8-12(11)13/h3,5,7,12H,2,4,6,8,13H2,1H3. The van der Waals surface area contributed by atoms with Crippen LogP contribution in [0.25, 0.3) is 0 Å². The van der Waals surface area contributed by atoms with Crippen molar-refractivity contribution in [2.45, 2.75) is 38.6 Å². The molecule has 1 aliphatic carbocycles. The van der Waals surface area contributed by atoms with Gasteiger partial charge in [-0.05, 0) is 42.4 Å². The smallest absolute Gasteiger partial charge is 0.0297 e. The van der Waals surface area contributed by atoms with Crippen LogP contribution < -0.4 is 5.73 Å². The summed E-state index contributed by atoms with van der Waals surface area (Å²) in [6.45, 7) is 2.22. The van der Waals surface area contributed by atoms with Gasteiger partial charge >= 0.3 is 0 Å². The molecule has 0 bridgehead atoms. The van der Waals surface area contributed by atoms with Gasteiger partial charge < -0.3 is 5.73 Å². The molecule has 0 fully saturated rings. The summed E-state index contributed by atoms with van der Waals surface area (Å²) in [7, 11) is 0. The molecule has 0 aromatic heterocycles. The van der Waals surface area contributed by atoms with E-state index in [1.807, 2.05) is 0 Å². The maximum atomic E-state index is 6.07. The second-order valence-electron chi connectivity index (χ2n) is 3.84. The van der Waals surface area contributed by atoms with Crippen LogP contribution in [0.5, 0.6) is 0 Å². The Morgan fingerprint density at radius 1 is 1.46 bits per heavy atom. The third-order valence-corrected chi connectivity index (χ3v) is 3.03. The van der Waals surface area contributed by atoms with E-state index in [4.69, 9.17) is 5.73 Å². The molecule has 0 amide bonds. The quantitative estimate of drug-likeness (QED) is 0.697. The number of hydrogen-bond donors (Lipinski definition) is 1. The Morgan fingerprint density at radius 3 is 3.08 bits per heavy atom. The maximum Gasteiger partial charge on any atom is 0.0297 e. The van der Waals surface area contributed by atoms with Gasteiger partial charge in [0.2, 0.25) is 0 Å². The van der Waals surface area contributed by atoms with Crippen LogP contribution in [0.15, 0.2) is 18.2 Å². The number of fused-ring (bicyclic) bond motifs is 1. The zero-order valence-electron chi connectivity index (χ0n) is 8.22. The van der Waals surface area contributed by atoms with Crippen molar-refractivity contribution in [2.24, 2.45) is 5.73 Å². The van der Waals surface area contributed by atoms with Gasteiger partial charge in [0.15, 0.2) is 0 Å². The van der Waals surface area contributed by atoms with E-state index in [2.05, 4.69) is 25.1 Å². The third kappa shape index (κ3) is 1.49. The Hall–Kier alpha value is -0.820. The summed E-state index contributed by atoms with van der Waals surface area (Å²) in [5, 5.41) is 0. The summed E-state index contributed by atoms with van der Waals surface area (Å²) in [5.74, 6) is 0. The molecular formula is C12H17N. The minimum atomic E-state index is 0.287. The van der Waals surface area contributed by atoms with Crippen LogP contribution in [0, 0.1) is 0 Å². The fourth-order valence-electron chi connectivity index (χ4n) is 2.29. The molecule has 1 nitrogen and oxygen atoms in total. The van der Waals surface area contributed by atoms with Gasteiger partial charge in [0.1, 0.15) is 0 Å². The molecule has 2 N–H and O–H groups in total. The summed E-state index contributed by atoms with van der Waals surface area (Å²) < 4.78 is 0. The van der Waals surface area contributed by atoms with E-state index in [1.54, 1.807) is 0 Å². The summed E-state index contributed by atoms with van der Waals surface area (Å²) >= 11 is 0. The lowest BCUT2D eigenvalue weighted by molar-refractivity contribution is 0.567. The highest BCUT2D eigenvalue weighted by Gasteiger charge is 2.17. The predicted octanol–water partition coefficient (Wildman–Crippen LogP) is 2.59. The highest BCUT2D eigenvalue weighted by molar-refractivity contribution is 5.38. The van der Waals surface area contributed by atoms with Gasteiger partial charge in [-0.15, -0.1) is 0 Å². The van der Waals surface area contributed by atoms with Gasteiger partial charge in [-0.2, -0.15) is 0 Å². The first-order chi connectivity index (χ1) is 6.33. The molecule has 0 spiro atoms. The highest BCUT2D eigenvalue weighted by atomic mass is 14.6. The minimum Gasteiger partial charge on any atom is -0.324 e. The molecule has 1 aromatic rings. The predicted molar refractivity (Wildman–Crippen MR) is 55.7 cm³/mol. The molecule has 0 radical (unpaired) electrons. The molecule has 0 aliphatic heterocycles. The highest BCUT2D eigenvalue weighted by Crippen LogP contribution is 2.30. The van der Waals surface area contributed by atoms with E-state index in [9.17, 15) is 0 Å². The topological polar surface area (TPSA) is 26.0 Å². The Labute approximate surface area is 80.0 Å². The average Bonchev–Trinajstić information content (AvgIpc) is 2.18. The fraction of sp³-hybridized carbons (Fsp3) is 0.500. The van der Waals surface area contributed by atoms with Gasteiger partial charge in [-0.25, -0.2) is 0 Å². The molecule has 1 atom stereocenters. The zero-order chi connectivity index (χ0) is 9.26. The summed E-state index contributed by atoms with van der Waals surface area (Å²) in [4.78, 5) is 0. The van der Waals surface area contributed by atoms with Crippen LogP contribution in [-0.4, -0.2) is 0 Å². The van der Waals surface area contributed by atoms with E-state index in [1.165, 1.54) is 29.5 Å². The Kier molecular flexibility index (Phi) is 2.36. The first-order valence-electron chi connectivity index (χ1n) is 5.19. The minimum absolute atomic E-state index is 0.287. The lowest BCUT2D eigenvalue weighted by Crippen LogP contribution is -2.18. The molecule has 1 heteroatoms. The van der Waals surface area contributed by atoms with Crippen molar-refractivity contribution in [1.82, 2.24) is 0 Å². The van der Waals surface area contributed by atoms with Crippen LogP contribution in [0.1, 0.15) is 42.5 Å². The summed E-state index contributed by atoms with van der Waals surface area (Å²) in [6, 6.07) is 6.85. The van der Waals surface area contributed by atoms with Crippen LogP contribution in [0.3, 0.4) is 0 Å². The lowest BCUT2D eigenvalue weighted by Gasteiger charge is -2.24. The SMILES string of the molecule is CCc1cccc2c1CCCC2N. The molecule has 0 saturated carbocycles. The van der Waals surface area contributed by atoms with E-state index >= 15 is 0 Å². The zero-order valence-corrected chi connectivity index (χ0v) is 8.22. The maximum absolute atomic E-state index is 6.07. The van der Waals surface area contributed by atoms with Crippen molar-refractivity contribution < 1.29 is 0 Å². The van der Waals surface area contributed by atoms with Crippen LogP contribution in [0.2, 0.25) is 0 Å². The second-order valence-corrected chi connectivity index (χ2v) is 3.84. The molecule has 1 unspecified atom stereocenters. The fourth-order valence-corrected chi connectivity index (χ4v) is 2.29. The van der Waals surface area contributed by atoms with Crippen LogP contribution in [-0.2, 0) is 12.8 Å². The number of rotatable bonds is 1. The van der Waals surface area contributed by atoms with Gasteiger partial charge in [0.25, 0.3) is 0 Å². The molecule has 1 aliphatic rings. The van der Waals surface area contributed by atoms with Crippen molar-refractivity contribution in [3.63, 3.8) is 0 Å². The van der Waals surface area contributed by atoms with E-state index < -0.39 is 0 Å². The number of nitrogens with two attached hydrogens (primary N) is 1. The van der Waals surface area contributed by atoms with Crippen molar-refractivity contribution >= 4 is 0 Å². The monoisotopic (exact) mass is 175 g/mol. The number of aryl methyl sites for hydroxylation is 1. The van der Waals surface area contributed by atoms with Gasteiger partial charge in [-0.3, -0.25) is 0 Å². The van der Waals surface area contributed by atoms with Gasteiger partial charge in [-0.1, -0.05) is 25.1 Å². The Bertz CT molecular complexity index is 304. The van der Waals surface area contributed by atoms with E-state index in [0.717, 1.165) is 12.8 Å². The molecule has 1 aromatic carbocycles. The number of hydrogen-bond acceptors (Lipinski definition) is 1. The summed E-state index contributed by atoms with van der Waals surface area (Å²) in [6.07, 6.45) is 4.77. The molecule has 0 saturated heterocycles. The normalized spacial score (nSPS) is 21.2. The second kappa shape index (κ2) is 3.51. The Balaban J connectivity index is 2.48. The molecule has 2 rings (SSSR count). The average molecular weight is 175 g/mol. The number of benzene rings is 1. The van der Waals surface area contributed by atoms with Crippen molar-refractivity contribution in [3.8, 4) is 0 Å². The van der Waals surface area contributed by atoms with Crippen LogP contribution >= 0.6 is 0 Å². The molecule has 0 heterocycles. The van der Waals surface area contributed by atoms with Gasteiger partial charge in [0.05, 0.1) is 0 Å². The van der Waals surface area contributed by atoms with Crippen molar-refractivity contribution in [2.75, 3.05) is 0 Å². The van der Waals surface area contributed by atoms with Gasteiger partial charge in [0, 0.05) is 6.04 Å². The van der Waals surface area contributed by atoms with Crippen molar-refractivity contribution in [3.05, 3.63) is 34.9 Å². The molecular weight excluding hydrogens is 158 g/mol. The molecule has 70 valence electrons. The van der Waals surface area contributed by atoms with Crippen molar-refractivity contribution in [1.29, 1.82) is 0 Å². The first-order valence-corrected chi connectivity index (χ1v) is 5.19. The first kappa shape index (κ1) is 8.76. The molecule has 13 heavy (non-hydrogen) atoms. The third-order valence-electron chi connectivity index (χ3n) is 3.03. The Morgan fingerprint density at radius 2 is 2.31 bits per heavy atom.